The number of hydrogen-bond acceptors (Lipinski definition) is 5. The van der Waals surface area contributed by atoms with Crippen LogP contribution in [0.5, 0.6) is 0 Å². The number of oxazole rings is 1. The summed E-state index contributed by atoms with van der Waals surface area (Å²) in [7, 11) is 0. The second-order valence-corrected chi connectivity index (χ2v) is 7.57. The topological polar surface area (TPSA) is 84.5 Å². The summed E-state index contributed by atoms with van der Waals surface area (Å²) in [6.07, 6.45) is 3.36. The van der Waals surface area contributed by atoms with Crippen LogP contribution in [-0.2, 0) is 0 Å². The van der Waals surface area contributed by atoms with Crippen molar-refractivity contribution in [2.75, 3.05) is 10.6 Å². The molecule has 0 radical (unpaired) electrons. The van der Waals surface area contributed by atoms with E-state index in [1.807, 2.05) is 50.2 Å². The van der Waals surface area contributed by atoms with Gasteiger partial charge in [0.1, 0.15) is 16.9 Å². The smallest absolute Gasteiger partial charge is 0.296 e. The number of fused-ring (bicyclic) bond motifs is 2. The third kappa shape index (κ3) is 3.56. The third-order valence-electron chi connectivity index (χ3n) is 5.37. The molecule has 0 fully saturated rings. The Hall–Kier alpha value is -4.20. The Morgan fingerprint density at radius 2 is 2.03 bits per heavy atom. The van der Waals surface area contributed by atoms with E-state index in [0.29, 0.717) is 22.5 Å². The van der Waals surface area contributed by atoms with Crippen molar-refractivity contribution in [3.8, 4) is 0 Å². The summed E-state index contributed by atoms with van der Waals surface area (Å²) in [6, 6.07) is 16.0. The molecule has 8 heteroatoms. The average Bonchev–Trinajstić information content (AvgIpc) is 3.40. The molecule has 1 atom stereocenters. The van der Waals surface area contributed by atoms with Crippen molar-refractivity contribution in [1.29, 1.82) is 0 Å². The van der Waals surface area contributed by atoms with Crippen molar-refractivity contribution in [3.05, 3.63) is 89.6 Å². The molecule has 0 aliphatic carbocycles. The van der Waals surface area contributed by atoms with E-state index in [9.17, 15) is 9.18 Å². The molecule has 0 saturated heterocycles. The normalized spacial score (nSPS) is 12.2. The number of rotatable bonds is 5. The van der Waals surface area contributed by atoms with E-state index >= 15 is 0 Å². The lowest BCUT2D eigenvalue weighted by molar-refractivity contribution is 0.102. The number of carbonyl (C=O) groups is 1. The summed E-state index contributed by atoms with van der Waals surface area (Å²) in [4.78, 5) is 21.5. The largest absolute Gasteiger partial charge is 0.420 e. The quantitative estimate of drug-likeness (QED) is 0.394. The number of amides is 1. The van der Waals surface area contributed by atoms with Gasteiger partial charge >= 0.3 is 0 Å². The van der Waals surface area contributed by atoms with Crippen LogP contribution in [0.1, 0.15) is 34.6 Å². The molecule has 0 unspecified atom stereocenters. The molecule has 5 rings (SSSR count). The van der Waals surface area contributed by atoms with Crippen molar-refractivity contribution in [3.63, 3.8) is 0 Å². The van der Waals surface area contributed by atoms with Gasteiger partial charge in [-0.1, -0.05) is 24.3 Å². The van der Waals surface area contributed by atoms with E-state index in [2.05, 4.69) is 20.6 Å². The third-order valence-corrected chi connectivity index (χ3v) is 5.37. The number of carbonyl (C=O) groups excluding carboxylic acids is 1. The molecule has 3 aromatic heterocycles. The fourth-order valence-corrected chi connectivity index (χ4v) is 3.58. The minimum atomic E-state index is -0.455. The summed E-state index contributed by atoms with van der Waals surface area (Å²) >= 11 is 0. The minimum absolute atomic E-state index is 0.118. The lowest BCUT2D eigenvalue weighted by Gasteiger charge is -2.16. The van der Waals surface area contributed by atoms with Gasteiger partial charge in [0.25, 0.3) is 11.9 Å². The first-order valence-electron chi connectivity index (χ1n) is 10.1. The van der Waals surface area contributed by atoms with Crippen LogP contribution in [-0.4, -0.2) is 20.3 Å². The van der Waals surface area contributed by atoms with Crippen LogP contribution in [0.25, 0.3) is 16.7 Å². The Morgan fingerprint density at radius 1 is 1.16 bits per heavy atom. The van der Waals surface area contributed by atoms with E-state index in [-0.39, 0.29) is 23.5 Å². The van der Waals surface area contributed by atoms with Crippen LogP contribution in [0.4, 0.5) is 16.1 Å². The van der Waals surface area contributed by atoms with Crippen LogP contribution in [0.3, 0.4) is 0 Å². The fourth-order valence-electron chi connectivity index (χ4n) is 3.58. The highest BCUT2D eigenvalue weighted by atomic mass is 19.1. The van der Waals surface area contributed by atoms with E-state index in [4.69, 9.17) is 4.42 Å². The molecule has 0 spiro atoms. The number of benzene rings is 2. The molecule has 160 valence electrons. The van der Waals surface area contributed by atoms with Crippen molar-refractivity contribution >= 4 is 34.4 Å². The summed E-state index contributed by atoms with van der Waals surface area (Å²) in [5, 5.41) is 6.13. The molecule has 2 aromatic carbocycles. The van der Waals surface area contributed by atoms with Gasteiger partial charge in [0, 0.05) is 11.9 Å². The van der Waals surface area contributed by atoms with E-state index in [1.165, 1.54) is 6.07 Å². The number of aromatic nitrogens is 3. The van der Waals surface area contributed by atoms with Crippen LogP contribution in [0, 0.1) is 12.7 Å². The summed E-state index contributed by atoms with van der Waals surface area (Å²) < 4.78 is 21.1. The van der Waals surface area contributed by atoms with Gasteiger partial charge in [-0.2, -0.15) is 4.98 Å². The molecule has 0 aliphatic heterocycles. The number of nitrogens with zero attached hydrogens (tertiary/aromatic N) is 3. The Kier molecular flexibility index (Phi) is 4.82. The van der Waals surface area contributed by atoms with Gasteiger partial charge in [0.2, 0.25) is 0 Å². The Morgan fingerprint density at radius 3 is 2.88 bits per heavy atom. The predicted molar refractivity (Wildman–Crippen MR) is 120 cm³/mol. The molecule has 2 N–H and O–H groups in total. The first-order chi connectivity index (χ1) is 15.5. The highest BCUT2D eigenvalue weighted by Crippen LogP contribution is 2.27. The highest BCUT2D eigenvalue weighted by molar-refractivity contribution is 6.04. The standard InChI is InChI=1S/C24H20FN5O2/c1-14-9-10-16(15(2)27-24-29-18-7-5-6-17(25)22(18)32-24)12-19(14)28-23(31)20-13-26-21-8-3-4-11-30(20)21/h3-13,15H,1-2H3,(H,27,29)(H,28,31)/t15-/m0/s1. The zero-order valence-electron chi connectivity index (χ0n) is 17.5. The van der Waals surface area contributed by atoms with Crippen molar-refractivity contribution in [2.45, 2.75) is 19.9 Å². The lowest BCUT2D eigenvalue weighted by Crippen LogP contribution is -2.16. The number of nitrogens with one attached hydrogen (secondary N) is 2. The second-order valence-electron chi connectivity index (χ2n) is 7.57. The van der Waals surface area contributed by atoms with Gasteiger partial charge in [-0.3, -0.25) is 9.20 Å². The van der Waals surface area contributed by atoms with Gasteiger partial charge in [-0.05, 0) is 55.3 Å². The van der Waals surface area contributed by atoms with E-state index in [1.54, 1.807) is 28.9 Å². The Balaban J connectivity index is 1.37. The maximum Gasteiger partial charge on any atom is 0.296 e. The minimum Gasteiger partial charge on any atom is -0.420 e. The van der Waals surface area contributed by atoms with Crippen molar-refractivity contribution in [1.82, 2.24) is 14.4 Å². The summed E-state index contributed by atoms with van der Waals surface area (Å²) in [5.74, 6) is -0.706. The monoisotopic (exact) mass is 429 g/mol. The van der Waals surface area contributed by atoms with Gasteiger partial charge in [0.15, 0.2) is 11.4 Å². The first kappa shape index (κ1) is 19.7. The maximum atomic E-state index is 13.9. The predicted octanol–water partition coefficient (Wildman–Crippen LogP) is 5.35. The zero-order chi connectivity index (χ0) is 22.2. The zero-order valence-corrected chi connectivity index (χ0v) is 17.5. The summed E-state index contributed by atoms with van der Waals surface area (Å²) in [6.45, 7) is 3.86. The van der Waals surface area contributed by atoms with Crippen LogP contribution >= 0.6 is 0 Å². The first-order valence-corrected chi connectivity index (χ1v) is 10.1. The Labute approximate surface area is 182 Å². The molecule has 32 heavy (non-hydrogen) atoms. The molecule has 1 amide bonds. The van der Waals surface area contributed by atoms with Crippen molar-refractivity contribution in [2.24, 2.45) is 0 Å². The van der Waals surface area contributed by atoms with Crippen LogP contribution < -0.4 is 10.6 Å². The fraction of sp³-hybridized carbons (Fsp3) is 0.125. The number of pyridine rings is 1. The number of anilines is 2. The average molecular weight is 429 g/mol. The molecular weight excluding hydrogens is 409 g/mol. The molecule has 0 aliphatic rings. The number of aryl methyl sites for hydroxylation is 1. The number of para-hydroxylation sites is 1. The van der Waals surface area contributed by atoms with Crippen LogP contribution in [0.2, 0.25) is 0 Å². The van der Waals surface area contributed by atoms with E-state index in [0.717, 1.165) is 11.1 Å². The molecule has 0 bridgehead atoms. The maximum absolute atomic E-state index is 13.9. The molecular formula is C24H20FN5O2. The van der Waals surface area contributed by atoms with Crippen LogP contribution in [0.15, 0.2) is 71.4 Å². The number of halogens is 1. The number of imidazole rings is 1. The lowest BCUT2D eigenvalue weighted by atomic mass is 10.0. The van der Waals surface area contributed by atoms with E-state index < -0.39 is 5.82 Å². The molecule has 0 saturated carbocycles. The summed E-state index contributed by atoms with van der Waals surface area (Å²) in [5.41, 5.74) is 4.24. The van der Waals surface area contributed by atoms with Gasteiger partial charge in [-0.25, -0.2) is 9.37 Å². The van der Waals surface area contributed by atoms with Gasteiger partial charge in [-0.15, -0.1) is 0 Å². The Bertz CT molecular complexity index is 1460. The SMILES string of the molecule is Cc1ccc([C@H](C)Nc2nc3cccc(F)c3o2)cc1NC(=O)c1cnc2ccccn12. The molecule has 5 aromatic rings. The molecule has 3 heterocycles. The van der Waals surface area contributed by atoms with Gasteiger partial charge in [0.05, 0.1) is 12.2 Å². The second kappa shape index (κ2) is 7.81. The highest BCUT2D eigenvalue weighted by Gasteiger charge is 2.16. The molecule has 7 nitrogen and oxygen atoms in total. The van der Waals surface area contributed by atoms with Gasteiger partial charge < -0.3 is 15.1 Å². The van der Waals surface area contributed by atoms with Crippen molar-refractivity contribution < 1.29 is 13.6 Å². The number of hydrogen-bond donors (Lipinski definition) is 2.